The summed E-state index contributed by atoms with van der Waals surface area (Å²) in [4.78, 5) is 0. The zero-order chi connectivity index (χ0) is 41.5. The fraction of sp³-hybridized carbons (Fsp3) is 0.952. The van der Waals surface area contributed by atoms with Crippen molar-refractivity contribution in [1.82, 2.24) is 0 Å². The van der Waals surface area contributed by atoms with Crippen LogP contribution in [0, 0.1) is 45.3 Å². The molecule has 0 aromatic heterocycles. The van der Waals surface area contributed by atoms with Gasteiger partial charge in [0, 0.05) is 0 Å². The molecule has 6 fully saturated rings. The van der Waals surface area contributed by atoms with Gasteiger partial charge in [0.2, 0.25) is 0 Å². The van der Waals surface area contributed by atoms with E-state index >= 15 is 0 Å². The Bertz CT molecular complexity index is 1390. The highest BCUT2D eigenvalue weighted by atomic mass is 16.7. The third kappa shape index (κ3) is 7.06. The largest absolute Gasteiger partial charge is 0.394 e. The lowest BCUT2D eigenvalue weighted by atomic mass is 9.35. The maximum absolute atomic E-state index is 12.5. The molecule has 6 aliphatic rings. The molecule has 14 heteroatoms. The predicted octanol–water partition coefficient (Wildman–Crippen LogP) is 1.12. The lowest BCUT2D eigenvalue weighted by Gasteiger charge is -2.71. The summed E-state index contributed by atoms with van der Waals surface area (Å²) in [5.74, 6) is -0.0991. The molecular formula is C42H72O14. The Labute approximate surface area is 331 Å². The summed E-state index contributed by atoms with van der Waals surface area (Å²) in [5.41, 5.74) is -1.53. The third-order valence-corrected chi connectivity index (χ3v) is 17.0. The lowest BCUT2D eigenvalue weighted by molar-refractivity contribution is -0.338. The van der Waals surface area contributed by atoms with Crippen molar-refractivity contribution in [2.45, 2.75) is 192 Å². The van der Waals surface area contributed by atoms with Crippen LogP contribution in [0.25, 0.3) is 0 Å². The number of hydrogen-bond donors (Lipinski definition) is 10. The quantitative estimate of drug-likeness (QED) is 0.104. The van der Waals surface area contributed by atoms with E-state index in [4.69, 9.17) is 18.9 Å². The van der Waals surface area contributed by atoms with E-state index in [0.717, 1.165) is 25.7 Å². The van der Waals surface area contributed by atoms with Gasteiger partial charge in [0.25, 0.3) is 0 Å². The minimum atomic E-state index is -1.61. The normalized spacial score (nSPS) is 51.9. The molecule has 0 amide bonds. The van der Waals surface area contributed by atoms with Gasteiger partial charge in [-0.25, -0.2) is 0 Å². The molecule has 0 bridgehead atoms. The monoisotopic (exact) mass is 800 g/mol. The van der Waals surface area contributed by atoms with Crippen LogP contribution in [0.4, 0.5) is 0 Å². The van der Waals surface area contributed by atoms with Crippen LogP contribution >= 0.6 is 0 Å². The molecule has 14 nitrogen and oxygen atoms in total. The second-order valence-electron chi connectivity index (χ2n) is 20.2. The van der Waals surface area contributed by atoms with Gasteiger partial charge in [0.1, 0.15) is 48.8 Å². The van der Waals surface area contributed by atoms with E-state index in [1.807, 2.05) is 6.92 Å². The fourth-order valence-corrected chi connectivity index (χ4v) is 13.4. The van der Waals surface area contributed by atoms with Crippen molar-refractivity contribution >= 4 is 0 Å². The number of ether oxygens (including phenoxy) is 4. The van der Waals surface area contributed by atoms with Gasteiger partial charge in [-0.05, 0) is 117 Å². The Morgan fingerprint density at radius 2 is 1.30 bits per heavy atom. The predicted molar refractivity (Wildman–Crippen MR) is 202 cm³/mol. The van der Waals surface area contributed by atoms with Gasteiger partial charge >= 0.3 is 0 Å². The molecule has 3 unspecified atom stereocenters. The third-order valence-electron chi connectivity index (χ3n) is 17.0. The van der Waals surface area contributed by atoms with Gasteiger partial charge < -0.3 is 70.0 Å². The summed E-state index contributed by atoms with van der Waals surface area (Å²) in [6.45, 7) is 17.9. The summed E-state index contributed by atoms with van der Waals surface area (Å²) in [6.07, 6.45) is -9.84. The van der Waals surface area contributed by atoms with E-state index in [9.17, 15) is 51.1 Å². The number of hydrogen-bond acceptors (Lipinski definition) is 14. The van der Waals surface area contributed by atoms with E-state index in [1.54, 1.807) is 6.92 Å². The zero-order valence-corrected chi connectivity index (χ0v) is 34.4. The van der Waals surface area contributed by atoms with Crippen molar-refractivity contribution in [2.24, 2.45) is 45.3 Å². The molecule has 0 aromatic rings. The van der Waals surface area contributed by atoms with Crippen molar-refractivity contribution < 1.29 is 70.0 Å². The molecule has 2 heterocycles. The van der Waals surface area contributed by atoms with Crippen LogP contribution in [0.5, 0.6) is 0 Å². The first-order valence-corrected chi connectivity index (χ1v) is 21.0. The van der Waals surface area contributed by atoms with Crippen molar-refractivity contribution in [2.75, 3.05) is 13.2 Å². The minimum Gasteiger partial charge on any atom is -0.394 e. The average Bonchev–Trinajstić information content (AvgIpc) is 3.53. The maximum Gasteiger partial charge on any atom is 0.187 e. The van der Waals surface area contributed by atoms with Crippen LogP contribution in [0.3, 0.4) is 0 Å². The van der Waals surface area contributed by atoms with Gasteiger partial charge in [-0.15, -0.1) is 0 Å². The molecule has 0 spiro atoms. The van der Waals surface area contributed by atoms with E-state index in [-0.39, 0.29) is 46.0 Å². The summed E-state index contributed by atoms with van der Waals surface area (Å²) >= 11 is 0. The van der Waals surface area contributed by atoms with Gasteiger partial charge in [0.05, 0.1) is 37.1 Å². The summed E-state index contributed by atoms with van der Waals surface area (Å²) < 4.78 is 24.8. The minimum absolute atomic E-state index is 0.152. The first-order chi connectivity index (χ1) is 26.0. The molecule has 4 aliphatic carbocycles. The van der Waals surface area contributed by atoms with Crippen molar-refractivity contribution in [3.05, 3.63) is 12.2 Å². The SMILES string of the molecule is C=C(C)[C@H](O)CC[C@](C)(O[C@@H]1O[C@H](CO)[C@@H](O)[C@H](O)[C@H]1O)C1CC[C@]2(C)C1[C@H](O)C[C@@H]1[C@@]3(C)CC[C@H](O[C@@H]4O[C@H](CO)[C@@H](O)[C@H](O)[C@H]4O)C(C)(C)C3CC[C@]12C. The summed E-state index contributed by atoms with van der Waals surface area (Å²) in [5, 5.41) is 107. The standard InChI is InChI=1S/C42H72O14/c1-20(2)22(45)10-16-42(8,56-37-35(52)33(50)31(48)25(19-44)54-37)21-9-14-41(7)29(21)23(46)17-27-39(5)13-12-28(38(3,4)26(39)11-15-40(27,41)6)55-36-34(51)32(49)30(47)24(18-43)53-36/h21-37,43-52H,1,9-19H2,2-8H3/t21?,22-,23-,24-,25-,26?,27-,28+,29?,30-,31-,32+,33+,34-,35-,36+,37+,39+,40-,41-,42+/m1/s1. The summed E-state index contributed by atoms with van der Waals surface area (Å²) in [7, 11) is 0. The molecular weight excluding hydrogens is 728 g/mol. The highest BCUT2D eigenvalue weighted by molar-refractivity contribution is 5.20. The molecule has 4 saturated carbocycles. The Morgan fingerprint density at radius 3 is 1.88 bits per heavy atom. The Kier molecular flexibility index (Phi) is 12.7. The van der Waals surface area contributed by atoms with Crippen molar-refractivity contribution in [1.29, 1.82) is 0 Å². The van der Waals surface area contributed by atoms with Crippen molar-refractivity contribution in [3.8, 4) is 0 Å². The van der Waals surface area contributed by atoms with Crippen LogP contribution < -0.4 is 0 Å². The average molecular weight is 801 g/mol. The Hall–Kier alpha value is -0.820. The van der Waals surface area contributed by atoms with Gasteiger partial charge in [-0.1, -0.05) is 46.8 Å². The maximum atomic E-state index is 12.5. The fourth-order valence-electron chi connectivity index (χ4n) is 13.4. The van der Waals surface area contributed by atoms with E-state index in [2.05, 4.69) is 41.2 Å². The number of rotatable bonds is 11. The van der Waals surface area contributed by atoms with Crippen LogP contribution in [0.1, 0.15) is 106 Å². The first-order valence-electron chi connectivity index (χ1n) is 21.0. The first kappa shape index (κ1) is 44.7. The molecule has 6 rings (SSSR count). The molecule has 2 saturated heterocycles. The van der Waals surface area contributed by atoms with Crippen LogP contribution in [-0.2, 0) is 18.9 Å². The van der Waals surface area contributed by atoms with Crippen LogP contribution in [0.15, 0.2) is 12.2 Å². The Morgan fingerprint density at radius 1 is 0.750 bits per heavy atom. The molecule has 324 valence electrons. The zero-order valence-electron chi connectivity index (χ0n) is 34.4. The topological polar surface area (TPSA) is 239 Å². The molecule has 0 radical (unpaired) electrons. The Balaban J connectivity index is 1.27. The highest BCUT2D eigenvalue weighted by Crippen LogP contribution is 2.76. The smallest absolute Gasteiger partial charge is 0.187 e. The second-order valence-corrected chi connectivity index (χ2v) is 20.2. The van der Waals surface area contributed by atoms with Gasteiger partial charge in [-0.3, -0.25) is 0 Å². The number of fused-ring (bicyclic) bond motifs is 5. The number of aliphatic hydroxyl groups excluding tert-OH is 10. The van der Waals surface area contributed by atoms with Gasteiger partial charge in [0.15, 0.2) is 12.6 Å². The number of aliphatic hydroxyl groups is 10. The van der Waals surface area contributed by atoms with E-state index < -0.39 is 97.8 Å². The molecule has 10 N–H and O–H groups in total. The molecule has 21 atom stereocenters. The van der Waals surface area contributed by atoms with E-state index in [1.165, 1.54) is 0 Å². The van der Waals surface area contributed by atoms with Crippen molar-refractivity contribution in [3.63, 3.8) is 0 Å². The van der Waals surface area contributed by atoms with Crippen LogP contribution in [0.2, 0.25) is 0 Å². The summed E-state index contributed by atoms with van der Waals surface area (Å²) in [6, 6.07) is 0. The lowest BCUT2D eigenvalue weighted by Crippen LogP contribution is -2.67. The molecule has 2 aliphatic heterocycles. The van der Waals surface area contributed by atoms with E-state index in [0.29, 0.717) is 37.7 Å². The van der Waals surface area contributed by atoms with Gasteiger partial charge in [-0.2, -0.15) is 0 Å². The highest BCUT2D eigenvalue weighted by Gasteiger charge is 2.72. The molecule has 0 aromatic carbocycles. The second kappa shape index (κ2) is 15.9. The molecule has 56 heavy (non-hydrogen) atoms. The van der Waals surface area contributed by atoms with Crippen LogP contribution in [-0.4, -0.2) is 150 Å².